The molecule has 4 heteroatoms. The quantitative estimate of drug-likeness (QED) is 0.929. The van der Waals surface area contributed by atoms with Gasteiger partial charge in [0.15, 0.2) is 0 Å². The zero-order valence-corrected chi connectivity index (χ0v) is 12.3. The molecule has 1 atom stereocenters. The molecule has 0 spiro atoms. The Hall–Kier alpha value is -1.68. The maximum Gasteiger partial charge on any atom is 0.224 e. The van der Waals surface area contributed by atoms with Gasteiger partial charge in [0, 0.05) is 18.5 Å². The second-order valence-corrected chi connectivity index (χ2v) is 6.42. The fourth-order valence-electron chi connectivity index (χ4n) is 2.53. The Labute approximate surface area is 119 Å². The molecule has 1 unspecified atom stereocenters. The van der Waals surface area contributed by atoms with Gasteiger partial charge in [0.25, 0.3) is 0 Å². The Kier molecular flexibility index (Phi) is 3.34. The third kappa shape index (κ3) is 2.75. The highest BCUT2D eigenvalue weighted by atomic mass is 16.4. The van der Waals surface area contributed by atoms with Gasteiger partial charge < -0.3 is 9.73 Å². The summed E-state index contributed by atoms with van der Waals surface area (Å²) >= 11 is 0. The lowest BCUT2D eigenvalue weighted by atomic mass is 9.77. The number of nitrogens with one attached hydrogen (secondary N) is 1. The standard InChI is InChI=1S/C16H21N3O/c1-16(2,3)17-9-8-14-18-19-15(20-14)13-10-11-6-4-5-7-12(11)13/h4-7,13,17H,8-10H2,1-3H3. The van der Waals surface area contributed by atoms with Crippen molar-refractivity contribution in [2.75, 3.05) is 6.54 Å². The van der Waals surface area contributed by atoms with E-state index in [2.05, 4.69) is 60.6 Å². The van der Waals surface area contributed by atoms with E-state index < -0.39 is 0 Å². The van der Waals surface area contributed by atoms with Gasteiger partial charge in [0.1, 0.15) is 0 Å². The summed E-state index contributed by atoms with van der Waals surface area (Å²) in [5.41, 5.74) is 2.85. The van der Waals surface area contributed by atoms with Gasteiger partial charge >= 0.3 is 0 Å². The molecule has 1 heterocycles. The van der Waals surface area contributed by atoms with Crippen molar-refractivity contribution in [2.45, 2.75) is 45.1 Å². The summed E-state index contributed by atoms with van der Waals surface area (Å²) in [7, 11) is 0. The van der Waals surface area contributed by atoms with Crippen LogP contribution in [0.5, 0.6) is 0 Å². The smallest absolute Gasteiger partial charge is 0.224 e. The van der Waals surface area contributed by atoms with Crippen molar-refractivity contribution in [3.8, 4) is 0 Å². The molecule has 106 valence electrons. The molecule has 1 aromatic carbocycles. The fraction of sp³-hybridized carbons (Fsp3) is 0.500. The predicted octanol–water partition coefficient (Wildman–Crippen LogP) is 2.69. The minimum Gasteiger partial charge on any atom is -0.425 e. The molecule has 0 aliphatic heterocycles. The monoisotopic (exact) mass is 271 g/mol. The summed E-state index contributed by atoms with van der Waals surface area (Å²) in [6.45, 7) is 7.30. The van der Waals surface area contributed by atoms with Crippen molar-refractivity contribution in [3.63, 3.8) is 0 Å². The molecule has 2 aromatic rings. The molecule has 4 nitrogen and oxygen atoms in total. The van der Waals surface area contributed by atoms with Gasteiger partial charge in [-0.3, -0.25) is 0 Å². The van der Waals surface area contributed by atoms with Crippen molar-refractivity contribution in [2.24, 2.45) is 0 Å². The van der Waals surface area contributed by atoms with E-state index in [-0.39, 0.29) is 5.54 Å². The number of nitrogens with zero attached hydrogens (tertiary/aromatic N) is 2. The van der Waals surface area contributed by atoms with Crippen molar-refractivity contribution in [3.05, 3.63) is 47.2 Å². The highest BCUT2D eigenvalue weighted by molar-refractivity contribution is 5.43. The van der Waals surface area contributed by atoms with Crippen LogP contribution in [0.1, 0.15) is 49.6 Å². The molecule has 0 saturated heterocycles. The first-order chi connectivity index (χ1) is 9.53. The second-order valence-electron chi connectivity index (χ2n) is 6.42. The first-order valence-electron chi connectivity index (χ1n) is 7.18. The van der Waals surface area contributed by atoms with E-state index in [1.54, 1.807) is 0 Å². The van der Waals surface area contributed by atoms with Gasteiger partial charge in [-0.2, -0.15) is 0 Å². The lowest BCUT2D eigenvalue weighted by Crippen LogP contribution is -2.37. The third-order valence-corrected chi connectivity index (χ3v) is 3.63. The van der Waals surface area contributed by atoms with Crippen LogP contribution in [0.15, 0.2) is 28.7 Å². The van der Waals surface area contributed by atoms with E-state index in [0.29, 0.717) is 5.92 Å². The molecule has 1 aliphatic rings. The zero-order valence-electron chi connectivity index (χ0n) is 12.3. The normalized spacial score (nSPS) is 17.6. The lowest BCUT2D eigenvalue weighted by Gasteiger charge is -2.26. The maximum atomic E-state index is 5.80. The van der Waals surface area contributed by atoms with Gasteiger partial charge in [-0.05, 0) is 38.3 Å². The van der Waals surface area contributed by atoms with Gasteiger partial charge in [0.05, 0.1) is 5.92 Å². The highest BCUT2D eigenvalue weighted by Gasteiger charge is 2.31. The fourth-order valence-corrected chi connectivity index (χ4v) is 2.53. The molecule has 1 aliphatic carbocycles. The average Bonchev–Trinajstić information content (AvgIpc) is 2.78. The van der Waals surface area contributed by atoms with E-state index in [9.17, 15) is 0 Å². The van der Waals surface area contributed by atoms with E-state index in [1.165, 1.54) is 11.1 Å². The Bertz CT molecular complexity index is 598. The van der Waals surface area contributed by atoms with Crippen molar-refractivity contribution in [1.29, 1.82) is 0 Å². The van der Waals surface area contributed by atoms with Gasteiger partial charge in [0.2, 0.25) is 11.8 Å². The second kappa shape index (κ2) is 5.02. The number of rotatable bonds is 4. The molecule has 0 radical (unpaired) electrons. The molecule has 1 N–H and O–H groups in total. The molecule has 0 amide bonds. The largest absolute Gasteiger partial charge is 0.425 e. The van der Waals surface area contributed by atoms with Gasteiger partial charge in [-0.25, -0.2) is 0 Å². The molecule has 0 bridgehead atoms. The number of benzene rings is 1. The summed E-state index contributed by atoms with van der Waals surface area (Å²) in [5, 5.41) is 11.8. The number of aromatic nitrogens is 2. The molecular weight excluding hydrogens is 250 g/mol. The SMILES string of the molecule is CC(C)(C)NCCc1nnc(C2Cc3ccccc32)o1. The van der Waals surface area contributed by atoms with Gasteiger partial charge in [-0.1, -0.05) is 24.3 Å². The van der Waals surface area contributed by atoms with Crippen molar-refractivity contribution < 1.29 is 4.42 Å². The minimum atomic E-state index is 0.121. The summed E-state index contributed by atoms with van der Waals surface area (Å²) in [6, 6.07) is 8.45. The third-order valence-electron chi connectivity index (χ3n) is 3.63. The Morgan fingerprint density at radius 3 is 2.80 bits per heavy atom. The molecule has 0 saturated carbocycles. The summed E-state index contributed by atoms with van der Waals surface area (Å²) in [4.78, 5) is 0. The van der Waals surface area contributed by atoms with E-state index in [4.69, 9.17) is 4.42 Å². The topological polar surface area (TPSA) is 51.0 Å². The van der Waals surface area contributed by atoms with Gasteiger partial charge in [-0.15, -0.1) is 10.2 Å². The molecule has 1 aromatic heterocycles. The summed E-state index contributed by atoms with van der Waals surface area (Å²) < 4.78 is 5.80. The van der Waals surface area contributed by atoms with Crippen LogP contribution in [0, 0.1) is 0 Å². The summed E-state index contributed by atoms with van der Waals surface area (Å²) in [5.74, 6) is 1.78. The molecule has 0 fully saturated rings. The molecule has 3 rings (SSSR count). The van der Waals surface area contributed by atoms with Crippen LogP contribution >= 0.6 is 0 Å². The van der Waals surface area contributed by atoms with Crippen LogP contribution in [-0.4, -0.2) is 22.3 Å². The lowest BCUT2D eigenvalue weighted by molar-refractivity contribution is 0.390. The molecule has 20 heavy (non-hydrogen) atoms. The van der Waals surface area contributed by atoms with E-state index >= 15 is 0 Å². The number of hydrogen-bond acceptors (Lipinski definition) is 4. The Morgan fingerprint density at radius 1 is 1.25 bits per heavy atom. The first kappa shape index (κ1) is 13.3. The van der Waals surface area contributed by atoms with Crippen LogP contribution < -0.4 is 5.32 Å². The van der Waals surface area contributed by atoms with Crippen LogP contribution in [0.3, 0.4) is 0 Å². The maximum absolute atomic E-state index is 5.80. The minimum absolute atomic E-state index is 0.121. The molecular formula is C16H21N3O. The van der Waals surface area contributed by atoms with Crippen LogP contribution in [-0.2, 0) is 12.8 Å². The van der Waals surface area contributed by atoms with Crippen LogP contribution in [0.2, 0.25) is 0 Å². The number of hydrogen-bond donors (Lipinski definition) is 1. The van der Waals surface area contributed by atoms with E-state index in [0.717, 1.165) is 31.2 Å². The Morgan fingerprint density at radius 2 is 2.05 bits per heavy atom. The highest BCUT2D eigenvalue weighted by Crippen LogP contribution is 2.39. The first-order valence-corrected chi connectivity index (χ1v) is 7.18. The zero-order chi connectivity index (χ0) is 14.2. The van der Waals surface area contributed by atoms with Crippen LogP contribution in [0.25, 0.3) is 0 Å². The van der Waals surface area contributed by atoms with Crippen molar-refractivity contribution in [1.82, 2.24) is 15.5 Å². The number of fused-ring (bicyclic) bond motifs is 1. The van der Waals surface area contributed by atoms with E-state index in [1.807, 2.05) is 0 Å². The van der Waals surface area contributed by atoms with Crippen molar-refractivity contribution >= 4 is 0 Å². The Balaban J connectivity index is 1.61. The predicted molar refractivity (Wildman–Crippen MR) is 77.7 cm³/mol. The van der Waals surface area contributed by atoms with Crippen LogP contribution in [0.4, 0.5) is 0 Å². The summed E-state index contributed by atoms with van der Waals surface area (Å²) in [6.07, 6.45) is 1.79. The average molecular weight is 271 g/mol.